The predicted octanol–water partition coefficient (Wildman–Crippen LogP) is 18.1. The zero-order valence-corrected chi connectivity index (χ0v) is 38.8. The van der Waals surface area contributed by atoms with Gasteiger partial charge in [-0.25, -0.2) is 0 Å². The first-order valence-electron chi connectivity index (χ1n) is 26.2. The standard InChI is InChI=1S/C52H108N2/c1-5-9-13-17-21-25-29-33-37-41-45-49-53(47-43-39-35-31-27-23-19-15-11-7-3)51-52-54(48-44-40-36-32-28-24-20-16-12-8-4)50-46-42-38-34-30-26-22-18-14-10-6-2/h5-52H2,1-4H3. The van der Waals surface area contributed by atoms with Crippen LogP contribution in [0.3, 0.4) is 0 Å². The van der Waals surface area contributed by atoms with Gasteiger partial charge in [-0.2, -0.15) is 0 Å². The molecule has 0 unspecified atom stereocenters. The van der Waals surface area contributed by atoms with Gasteiger partial charge in [0.15, 0.2) is 0 Å². The van der Waals surface area contributed by atoms with E-state index < -0.39 is 0 Å². The second kappa shape index (κ2) is 49.1. The average Bonchev–Trinajstić information content (AvgIpc) is 3.18. The molecule has 0 spiro atoms. The van der Waals surface area contributed by atoms with Crippen molar-refractivity contribution in [2.45, 2.75) is 297 Å². The molecule has 0 bridgehead atoms. The molecule has 0 rings (SSSR count). The van der Waals surface area contributed by atoms with E-state index in [-0.39, 0.29) is 0 Å². The van der Waals surface area contributed by atoms with E-state index in [9.17, 15) is 0 Å². The zero-order valence-electron chi connectivity index (χ0n) is 38.8. The number of rotatable bonds is 49. The van der Waals surface area contributed by atoms with Gasteiger partial charge in [0.2, 0.25) is 0 Å². The van der Waals surface area contributed by atoms with E-state index in [0.29, 0.717) is 0 Å². The van der Waals surface area contributed by atoms with Crippen molar-refractivity contribution in [2.75, 3.05) is 39.3 Å². The molecule has 54 heavy (non-hydrogen) atoms. The Balaban J connectivity index is 4.70. The molecule has 0 radical (unpaired) electrons. The van der Waals surface area contributed by atoms with E-state index >= 15 is 0 Å². The molecular formula is C52H108N2. The Hall–Kier alpha value is -0.0800. The van der Waals surface area contributed by atoms with Crippen LogP contribution in [0.2, 0.25) is 0 Å². The molecule has 0 atom stereocenters. The van der Waals surface area contributed by atoms with Gasteiger partial charge in [-0.3, -0.25) is 0 Å². The highest BCUT2D eigenvalue weighted by Crippen LogP contribution is 2.16. The molecular weight excluding hydrogens is 653 g/mol. The minimum absolute atomic E-state index is 1.31. The highest BCUT2D eigenvalue weighted by Gasteiger charge is 2.10. The van der Waals surface area contributed by atoms with Gasteiger partial charge in [0.25, 0.3) is 0 Å². The fraction of sp³-hybridized carbons (Fsp3) is 1.00. The molecule has 0 aromatic rings. The summed E-state index contributed by atoms with van der Waals surface area (Å²) in [6.07, 6.45) is 60.9. The summed E-state index contributed by atoms with van der Waals surface area (Å²) in [5, 5.41) is 0. The fourth-order valence-electron chi connectivity index (χ4n) is 8.60. The monoisotopic (exact) mass is 761 g/mol. The van der Waals surface area contributed by atoms with E-state index in [4.69, 9.17) is 0 Å². The minimum atomic E-state index is 1.31. The number of hydrogen-bond donors (Lipinski definition) is 0. The Kier molecular flexibility index (Phi) is 49.0. The van der Waals surface area contributed by atoms with Crippen LogP contribution < -0.4 is 0 Å². The lowest BCUT2D eigenvalue weighted by molar-refractivity contribution is 0.192. The smallest absolute Gasteiger partial charge is 0.0109 e. The summed E-state index contributed by atoms with van der Waals surface area (Å²) in [6.45, 7) is 17.3. The van der Waals surface area contributed by atoms with Crippen LogP contribution in [-0.4, -0.2) is 49.1 Å². The van der Waals surface area contributed by atoms with Gasteiger partial charge in [0.1, 0.15) is 0 Å². The fourth-order valence-corrected chi connectivity index (χ4v) is 8.60. The van der Waals surface area contributed by atoms with E-state index in [1.807, 2.05) is 0 Å². The normalized spacial score (nSPS) is 11.9. The van der Waals surface area contributed by atoms with Crippen molar-refractivity contribution in [3.63, 3.8) is 0 Å². The van der Waals surface area contributed by atoms with Gasteiger partial charge in [-0.05, 0) is 51.9 Å². The molecule has 0 N–H and O–H groups in total. The Morgan fingerprint density at radius 3 is 0.426 bits per heavy atom. The van der Waals surface area contributed by atoms with Crippen molar-refractivity contribution in [3.05, 3.63) is 0 Å². The molecule has 0 saturated heterocycles. The van der Waals surface area contributed by atoms with Crippen LogP contribution in [0.25, 0.3) is 0 Å². The van der Waals surface area contributed by atoms with E-state index in [2.05, 4.69) is 37.5 Å². The molecule has 0 aromatic carbocycles. The second-order valence-electron chi connectivity index (χ2n) is 18.1. The van der Waals surface area contributed by atoms with Crippen LogP contribution in [0.4, 0.5) is 0 Å². The van der Waals surface area contributed by atoms with Crippen molar-refractivity contribution in [1.82, 2.24) is 9.80 Å². The van der Waals surface area contributed by atoms with Gasteiger partial charge >= 0.3 is 0 Å². The van der Waals surface area contributed by atoms with Crippen LogP contribution in [0.15, 0.2) is 0 Å². The highest BCUT2D eigenvalue weighted by atomic mass is 15.2. The quantitative estimate of drug-likeness (QED) is 0.0570. The Labute approximate surface area is 345 Å². The number of nitrogens with zero attached hydrogens (tertiary/aromatic N) is 2. The molecule has 2 heteroatoms. The molecule has 0 aliphatic carbocycles. The Morgan fingerprint density at radius 1 is 0.148 bits per heavy atom. The Morgan fingerprint density at radius 2 is 0.278 bits per heavy atom. The summed E-state index contributed by atoms with van der Waals surface area (Å²) in [5.74, 6) is 0. The van der Waals surface area contributed by atoms with Crippen LogP contribution in [-0.2, 0) is 0 Å². The Bertz CT molecular complexity index is 580. The third-order valence-electron chi connectivity index (χ3n) is 12.5. The lowest BCUT2D eigenvalue weighted by Crippen LogP contribution is -2.37. The molecule has 0 fully saturated rings. The molecule has 0 aliphatic rings. The first kappa shape index (κ1) is 53.9. The number of unbranched alkanes of at least 4 members (excludes halogenated alkanes) is 38. The molecule has 0 aliphatic heterocycles. The summed E-state index contributed by atoms with van der Waals surface area (Å²) >= 11 is 0. The average molecular weight is 761 g/mol. The lowest BCUT2D eigenvalue weighted by atomic mass is 10.1. The van der Waals surface area contributed by atoms with Crippen LogP contribution >= 0.6 is 0 Å². The first-order chi connectivity index (χ1) is 26.8. The van der Waals surface area contributed by atoms with Crippen molar-refractivity contribution in [1.29, 1.82) is 0 Å². The molecule has 2 nitrogen and oxygen atoms in total. The summed E-state index contributed by atoms with van der Waals surface area (Å²) in [5.41, 5.74) is 0. The van der Waals surface area contributed by atoms with E-state index in [1.54, 1.807) is 0 Å². The SMILES string of the molecule is CCCCCCCCCCCCCN(CCCCCCCCCCCC)CCN(CCCCCCCCCCCC)CCCCCCCCCCCCC. The van der Waals surface area contributed by atoms with Crippen molar-refractivity contribution in [2.24, 2.45) is 0 Å². The van der Waals surface area contributed by atoms with Gasteiger partial charge < -0.3 is 9.80 Å². The van der Waals surface area contributed by atoms with Gasteiger partial charge in [-0.1, -0.05) is 272 Å². The maximum absolute atomic E-state index is 2.91. The van der Waals surface area contributed by atoms with Gasteiger partial charge in [-0.15, -0.1) is 0 Å². The van der Waals surface area contributed by atoms with Crippen molar-refractivity contribution < 1.29 is 0 Å². The third-order valence-corrected chi connectivity index (χ3v) is 12.5. The summed E-state index contributed by atoms with van der Waals surface area (Å²) in [6, 6.07) is 0. The van der Waals surface area contributed by atoms with E-state index in [1.165, 1.54) is 309 Å². The molecule has 0 amide bonds. The van der Waals surface area contributed by atoms with Gasteiger partial charge in [0, 0.05) is 13.1 Å². The van der Waals surface area contributed by atoms with Crippen LogP contribution in [0.5, 0.6) is 0 Å². The third kappa shape index (κ3) is 44.6. The van der Waals surface area contributed by atoms with E-state index in [0.717, 1.165) is 0 Å². The molecule has 0 heterocycles. The summed E-state index contributed by atoms with van der Waals surface area (Å²) in [4.78, 5) is 5.81. The largest absolute Gasteiger partial charge is 0.302 e. The maximum atomic E-state index is 2.91. The molecule has 326 valence electrons. The second-order valence-corrected chi connectivity index (χ2v) is 18.1. The summed E-state index contributed by atoms with van der Waals surface area (Å²) < 4.78 is 0. The van der Waals surface area contributed by atoms with Gasteiger partial charge in [0.05, 0.1) is 0 Å². The topological polar surface area (TPSA) is 6.48 Å². The first-order valence-corrected chi connectivity index (χ1v) is 26.2. The zero-order chi connectivity index (χ0) is 39.1. The van der Waals surface area contributed by atoms with Crippen molar-refractivity contribution >= 4 is 0 Å². The molecule has 0 aromatic heterocycles. The van der Waals surface area contributed by atoms with Crippen LogP contribution in [0.1, 0.15) is 297 Å². The van der Waals surface area contributed by atoms with Crippen molar-refractivity contribution in [3.8, 4) is 0 Å². The molecule has 0 saturated carbocycles. The summed E-state index contributed by atoms with van der Waals surface area (Å²) in [7, 11) is 0. The maximum Gasteiger partial charge on any atom is 0.0109 e. The number of hydrogen-bond acceptors (Lipinski definition) is 2. The van der Waals surface area contributed by atoms with Crippen LogP contribution in [0, 0.1) is 0 Å². The lowest BCUT2D eigenvalue weighted by Gasteiger charge is -2.28. The highest BCUT2D eigenvalue weighted by molar-refractivity contribution is 4.66. The minimum Gasteiger partial charge on any atom is -0.302 e. The predicted molar refractivity (Wildman–Crippen MR) is 249 cm³/mol.